The van der Waals surface area contributed by atoms with E-state index in [-0.39, 0.29) is 5.78 Å². The summed E-state index contributed by atoms with van der Waals surface area (Å²) in [6, 6.07) is 13.5. The maximum atomic E-state index is 13.3. The molecule has 1 fully saturated rings. The van der Waals surface area contributed by atoms with Crippen LogP contribution in [0.3, 0.4) is 0 Å². The standard InChI is InChI=1S/C24H24Br2N2O5/c1-4-17(20(29)13-5-9-15(25)10-6-13)19-18(23(32)33-24(19,2)3)22(31)28-27-21(30)14-7-11-16(26)12-8-14/h5-12,17-19H,4H2,1-3H3,(H,27,30)(H,28,31)/t17-,18+,19-/m0/s1. The minimum Gasteiger partial charge on any atom is -0.459 e. The predicted octanol–water partition coefficient (Wildman–Crippen LogP) is 4.45. The maximum Gasteiger partial charge on any atom is 0.319 e. The average Bonchev–Trinajstić information content (AvgIpc) is 3.01. The number of hydrazine groups is 1. The van der Waals surface area contributed by atoms with Crippen molar-refractivity contribution >= 4 is 55.4 Å². The second-order valence-corrected chi connectivity index (χ2v) is 10.2. The van der Waals surface area contributed by atoms with Crippen LogP contribution in [0.4, 0.5) is 0 Å². The Hall–Kier alpha value is -2.52. The number of nitrogens with one attached hydrogen (secondary N) is 2. The van der Waals surface area contributed by atoms with Gasteiger partial charge in [0.25, 0.3) is 11.8 Å². The van der Waals surface area contributed by atoms with E-state index in [2.05, 4.69) is 42.7 Å². The molecule has 3 atom stereocenters. The molecule has 9 heteroatoms. The topological polar surface area (TPSA) is 102 Å². The molecule has 2 amide bonds. The highest BCUT2D eigenvalue weighted by molar-refractivity contribution is 9.10. The minimum atomic E-state index is -1.24. The molecule has 0 saturated carbocycles. The van der Waals surface area contributed by atoms with Crippen LogP contribution in [0.15, 0.2) is 57.5 Å². The van der Waals surface area contributed by atoms with Crippen LogP contribution in [0, 0.1) is 17.8 Å². The van der Waals surface area contributed by atoms with Crippen LogP contribution >= 0.6 is 31.9 Å². The Morgan fingerprint density at radius 2 is 1.45 bits per heavy atom. The number of carbonyl (C=O) groups is 4. The number of carbonyl (C=O) groups excluding carboxylic acids is 4. The van der Waals surface area contributed by atoms with Gasteiger partial charge in [-0.25, -0.2) is 0 Å². The molecular formula is C24H24Br2N2O5. The summed E-state index contributed by atoms with van der Waals surface area (Å²) in [5.74, 6) is -4.73. The molecular weight excluding hydrogens is 556 g/mol. The molecule has 2 aromatic carbocycles. The lowest BCUT2D eigenvalue weighted by Crippen LogP contribution is -2.49. The Morgan fingerprint density at radius 1 is 0.939 bits per heavy atom. The zero-order chi connectivity index (χ0) is 24.3. The normalized spacial score (nSPS) is 20.0. The van der Waals surface area contributed by atoms with Gasteiger partial charge in [-0.05, 0) is 56.7 Å². The fourth-order valence-corrected chi connectivity index (χ4v) is 4.75. The van der Waals surface area contributed by atoms with E-state index in [9.17, 15) is 19.2 Å². The van der Waals surface area contributed by atoms with E-state index in [0.29, 0.717) is 17.5 Å². The van der Waals surface area contributed by atoms with Gasteiger partial charge in [-0.15, -0.1) is 0 Å². The first-order valence-corrected chi connectivity index (χ1v) is 12.0. The summed E-state index contributed by atoms with van der Waals surface area (Å²) in [7, 11) is 0. The van der Waals surface area contributed by atoms with E-state index in [1.54, 1.807) is 62.4 Å². The lowest BCUT2D eigenvalue weighted by Gasteiger charge is -2.32. The molecule has 0 bridgehead atoms. The van der Waals surface area contributed by atoms with E-state index >= 15 is 0 Å². The van der Waals surface area contributed by atoms with Crippen LogP contribution in [0.2, 0.25) is 0 Å². The molecule has 1 aliphatic heterocycles. The second-order valence-electron chi connectivity index (χ2n) is 8.36. The Bertz CT molecular complexity index is 1070. The summed E-state index contributed by atoms with van der Waals surface area (Å²) in [4.78, 5) is 51.4. The van der Waals surface area contributed by atoms with Gasteiger partial charge < -0.3 is 4.74 Å². The van der Waals surface area contributed by atoms with Crippen molar-refractivity contribution in [1.82, 2.24) is 10.9 Å². The van der Waals surface area contributed by atoms with Crippen molar-refractivity contribution in [2.45, 2.75) is 32.8 Å². The van der Waals surface area contributed by atoms with Gasteiger partial charge >= 0.3 is 5.97 Å². The molecule has 7 nitrogen and oxygen atoms in total. The minimum absolute atomic E-state index is 0.168. The molecule has 0 spiro atoms. The highest BCUT2D eigenvalue weighted by Gasteiger charge is 2.57. The lowest BCUT2D eigenvalue weighted by molar-refractivity contribution is -0.150. The molecule has 0 unspecified atom stereocenters. The monoisotopic (exact) mass is 578 g/mol. The van der Waals surface area contributed by atoms with Gasteiger partial charge in [0, 0.05) is 31.9 Å². The third-order valence-electron chi connectivity index (χ3n) is 5.81. The lowest BCUT2D eigenvalue weighted by atomic mass is 9.70. The number of hydrogen-bond acceptors (Lipinski definition) is 5. The molecule has 2 aromatic rings. The van der Waals surface area contributed by atoms with Crippen LogP contribution in [0.25, 0.3) is 0 Å². The van der Waals surface area contributed by atoms with Gasteiger partial charge in [0.15, 0.2) is 5.78 Å². The van der Waals surface area contributed by atoms with Crippen LogP contribution < -0.4 is 10.9 Å². The number of halogens is 2. The maximum absolute atomic E-state index is 13.3. The molecule has 1 heterocycles. The second kappa shape index (κ2) is 10.2. The van der Waals surface area contributed by atoms with E-state index < -0.39 is 41.1 Å². The molecule has 0 aliphatic carbocycles. The van der Waals surface area contributed by atoms with Gasteiger partial charge in [-0.3, -0.25) is 30.0 Å². The largest absolute Gasteiger partial charge is 0.459 e. The number of ketones is 1. The van der Waals surface area contributed by atoms with E-state index in [4.69, 9.17) is 4.74 Å². The number of esters is 1. The molecule has 1 saturated heterocycles. The third-order valence-corrected chi connectivity index (χ3v) is 6.86. The summed E-state index contributed by atoms with van der Waals surface area (Å²) in [5.41, 5.74) is 4.45. The first-order valence-electron chi connectivity index (χ1n) is 10.4. The van der Waals surface area contributed by atoms with Crippen molar-refractivity contribution in [1.29, 1.82) is 0 Å². The third kappa shape index (κ3) is 5.52. The Kier molecular flexibility index (Phi) is 7.74. The first kappa shape index (κ1) is 25.1. The number of hydrogen-bond donors (Lipinski definition) is 2. The fourth-order valence-electron chi connectivity index (χ4n) is 4.23. The zero-order valence-corrected chi connectivity index (χ0v) is 21.5. The summed E-state index contributed by atoms with van der Waals surface area (Å²) in [6.45, 7) is 5.23. The first-order chi connectivity index (χ1) is 15.5. The van der Waals surface area contributed by atoms with Crippen LogP contribution in [-0.2, 0) is 14.3 Å². The van der Waals surface area contributed by atoms with Gasteiger partial charge in [0.1, 0.15) is 11.5 Å². The highest BCUT2D eigenvalue weighted by Crippen LogP contribution is 2.44. The Balaban J connectivity index is 1.81. The molecule has 1 aliphatic rings. The van der Waals surface area contributed by atoms with Crippen molar-refractivity contribution in [3.63, 3.8) is 0 Å². The van der Waals surface area contributed by atoms with E-state index in [0.717, 1.165) is 8.95 Å². The number of amides is 2. The van der Waals surface area contributed by atoms with E-state index in [1.165, 1.54) is 0 Å². The van der Waals surface area contributed by atoms with E-state index in [1.807, 2.05) is 6.92 Å². The van der Waals surface area contributed by atoms with Crippen LogP contribution in [0.5, 0.6) is 0 Å². The fraction of sp³-hybridized carbons (Fsp3) is 0.333. The smallest absolute Gasteiger partial charge is 0.319 e. The number of benzene rings is 2. The number of Topliss-reactive ketones (excluding diaryl/α,β-unsaturated/α-hetero) is 1. The average molecular weight is 580 g/mol. The summed E-state index contributed by atoms with van der Waals surface area (Å²) in [6.07, 6.45) is 0.411. The summed E-state index contributed by atoms with van der Waals surface area (Å²) < 4.78 is 7.16. The van der Waals surface area contributed by atoms with Crippen molar-refractivity contribution in [2.24, 2.45) is 17.8 Å². The summed E-state index contributed by atoms with van der Waals surface area (Å²) >= 11 is 6.65. The van der Waals surface area contributed by atoms with Crippen molar-refractivity contribution in [3.05, 3.63) is 68.6 Å². The molecule has 0 radical (unpaired) electrons. The molecule has 3 rings (SSSR count). The number of rotatable bonds is 6. The van der Waals surface area contributed by atoms with Crippen molar-refractivity contribution < 1.29 is 23.9 Å². The van der Waals surface area contributed by atoms with Gasteiger partial charge in [-0.2, -0.15) is 0 Å². The highest BCUT2D eigenvalue weighted by atomic mass is 79.9. The predicted molar refractivity (Wildman–Crippen MR) is 129 cm³/mol. The van der Waals surface area contributed by atoms with Crippen LogP contribution in [-0.4, -0.2) is 29.2 Å². The van der Waals surface area contributed by atoms with Gasteiger partial charge in [0.2, 0.25) is 0 Å². The molecule has 0 aromatic heterocycles. The van der Waals surface area contributed by atoms with Crippen LogP contribution in [0.1, 0.15) is 47.9 Å². The van der Waals surface area contributed by atoms with Crippen molar-refractivity contribution in [2.75, 3.05) is 0 Å². The number of cyclic esters (lactones) is 1. The van der Waals surface area contributed by atoms with Gasteiger partial charge in [-0.1, -0.05) is 50.9 Å². The number of ether oxygens (including phenoxy) is 1. The quantitative estimate of drug-likeness (QED) is 0.228. The van der Waals surface area contributed by atoms with Gasteiger partial charge in [0.05, 0.1) is 0 Å². The van der Waals surface area contributed by atoms with Crippen molar-refractivity contribution in [3.8, 4) is 0 Å². The molecule has 174 valence electrons. The Labute approximate surface area is 208 Å². The SMILES string of the molecule is CC[C@H](C(=O)c1ccc(Br)cc1)[C@H]1[C@H](C(=O)NNC(=O)c2ccc(Br)cc2)C(=O)OC1(C)C. The zero-order valence-electron chi connectivity index (χ0n) is 18.4. The molecule has 2 N–H and O–H groups in total. The Morgan fingerprint density at radius 3 is 1.97 bits per heavy atom. The summed E-state index contributed by atoms with van der Waals surface area (Å²) in [5, 5.41) is 0. The molecule has 33 heavy (non-hydrogen) atoms.